The van der Waals surface area contributed by atoms with Gasteiger partial charge in [-0.3, -0.25) is 0 Å². The first-order valence-corrected chi connectivity index (χ1v) is 12.0. The van der Waals surface area contributed by atoms with Crippen LogP contribution in [0, 0.1) is 23.7 Å². The van der Waals surface area contributed by atoms with E-state index in [4.69, 9.17) is 9.16 Å². The fourth-order valence-electron chi connectivity index (χ4n) is 4.02. The summed E-state index contributed by atoms with van der Waals surface area (Å²) in [4.78, 5) is 0. The summed E-state index contributed by atoms with van der Waals surface area (Å²) in [7, 11) is -1.72. The predicted molar refractivity (Wildman–Crippen MR) is 91.3 cm³/mol. The standard InChI is InChI=1S/C18H34O3Si/c1-7-11-8-12(11)16(19)13-9-15-17(21-15)14(13)10-20-22(5,6)18(2,3)4/h11-17,19H,7-10H2,1-6H3/t11-,12+,13+,14-,15-,16-,17+/m0/s1. The lowest BCUT2D eigenvalue weighted by molar-refractivity contribution is 0.0160. The highest BCUT2D eigenvalue weighted by atomic mass is 28.4. The Kier molecular flexibility index (Phi) is 4.29. The molecule has 0 unspecified atom stereocenters. The first kappa shape index (κ1) is 16.9. The molecular weight excluding hydrogens is 292 g/mol. The van der Waals surface area contributed by atoms with Crippen LogP contribution in [0.15, 0.2) is 0 Å². The number of hydrogen-bond donors (Lipinski definition) is 1. The van der Waals surface area contributed by atoms with Gasteiger partial charge in [-0.25, -0.2) is 0 Å². The molecule has 1 aliphatic heterocycles. The molecule has 4 heteroatoms. The van der Waals surface area contributed by atoms with Crippen LogP contribution in [0.2, 0.25) is 18.1 Å². The van der Waals surface area contributed by atoms with Gasteiger partial charge in [0.15, 0.2) is 8.32 Å². The number of epoxide rings is 1. The molecule has 0 radical (unpaired) electrons. The molecule has 2 saturated carbocycles. The Labute approximate surface area is 136 Å². The van der Waals surface area contributed by atoms with Crippen LogP contribution in [-0.2, 0) is 9.16 Å². The highest BCUT2D eigenvalue weighted by molar-refractivity contribution is 6.74. The molecule has 3 aliphatic rings. The van der Waals surface area contributed by atoms with E-state index in [1.807, 2.05) is 0 Å². The van der Waals surface area contributed by atoms with Crippen molar-refractivity contribution < 1.29 is 14.3 Å². The SMILES string of the molecule is CC[C@H]1C[C@H]1[C@H](O)[C@@H]1C[C@@H]2O[C@@H]2[C@H]1CO[Si](C)(C)C(C)(C)C. The number of fused-ring (bicyclic) bond motifs is 1. The molecule has 0 aromatic rings. The topological polar surface area (TPSA) is 42.0 Å². The van der Waals surface area contributed by atoms with Gasteiger partial charge >= 0.3 is 0 Å². The van der Waals surface area contributed by atoms with E-state index < -0.39 is 8.32 Å². The van der Waals surface area contributed by atoms with E-state index in [9.17, 15) is 5.11 Å². The zero-order chi connectivity index (χ0) is 16.3. The predicted octanol–water partition coefficient (Wildman–Crippen LogP) is 3.82. The number of hydrogen-bond acceptors (Lipinski definition) is 3. The van der Waals surface area contributed by atoms with Crippen LogP contribution in [0.4, 0.5) is 0 Å². The molecule has 2 aliphatic carbocycles. The Balaban J connectivity index is 1.59. The third-order valence-electron chi connectivity index (χ3n) is 6.92. The number of aliphatic hydroxyl groups is 1. The van der Waals surface area contributed by atoms with E-state index in [-0.39, 0.29) is 11.1 Å². The van der Waals surface area contributed by atoms with Crippen LogP contribution in [0.3, 0.4) is 0 Å². The molecule has 22 heavy (non-hydrogen) atoms. The summed E-state index contributed by atoms with van der Waals surface area (Å²) in [6.07, 6.45) is 4.12. The van der Waals surface area contributed by atoms with Gasteiger partial charge in [-0.15, -0.1) is 0 Å². The van der Waals surface area contributed by atoms with Crippen molar-refractivity contribution in [3.05, 3.63) is 0 Å². The monoisotopic (exact) mass is 326 g/mol. The lowest BCUT2D eigenvalue weighted by Gasteiger charge is -2.38. The van der Waals surface area contributed by atoms with Crippen molar-refractivity contribution in [2.45, 2.75) is 83.4 Å². The Morgan fingerprint density at radius 2 is 1.91 bits per heavy atom. The van der Waals surface area contributed by atoms with Crippen molar-refractivity contribution in [1.29, 1.82) is 0 Å². The van der Waals surface area contributed by atoms with Gasteiger partial charge in [0.05, 0.1) is 18.3 Å². The molecular formula is C18H34O3Si. The number of aliphatic hydroxyl groups excluding tert-OH is 1. The average molecular weight is 327 g/mol. The maximum Gasteiger partial charge on any atom is 0.191 e. The summed E-state index contributed by atoms with van der Waals surface area (Å²) in [6, 6.07) is 0. The van der Waals surface area contributed by atoms with Crippen LogP contribution in [0.25, 0.3) is 0 Å². The second-order valence-electron chi connectivity index (χ2n) is 9.33. The second kappa shape index (κ2) is 5.57. The second-order valence-corrected chi connectivity index (χ2v) is 14.1. The zero-order valence-corrected chi connectivity index (χ0v) is 16.1. The fourth-order valence-corrected chi connectivity index (χ4v) is 5.06. The van der Waals surface area contributed by atoms with E-state index >= 15 is 0 Å². The van der Waals surface area contributed by atoms with Crippen molar-refractivity contribution in [3.63, 3.8) is 0 Å². The third kappa shape index (κ3) is 3.04. The van der Waals surface area contributed by atoms with Crippen LogP contribution in [0.1, 0.15) is 47.0 Å². The average Bonchev–Trinajstić information content (AvgIpc) is 3.32. The highest BCUT2D eigenvalue weighted by Gasteiger charge is 2.60. The Bertz CT molecular complexity index is 417. The minimum atomic E-state index is -1.72. The van der Waals surface area contributed by atoms with E-state index in [2.05, 4.69) is 40.8 Å². The summed E-state index contributed by atoms with van der Waals surface area (Å²) in [5, 5.41) is 11.0. The van der Waals surface area contributed by atoms with Gasteiger partial charge in [-0.05, 0) is 48.7 Å². The summed E-state index contributed by atoms with van der Waals surface area (Å²) in [5.41, 5.74) is 0. The van der Waals surface area contributed by atoms with Crippen molar-refractivity contribution in [2.24, 2.45) is 23.7 Å². The summed E-state index contributed by atoms with van der Waals surface area (Å²) in [6.45, 7) is 14.5. The first-order chi connectivity index (χ1) is 10.2. The summed E-state index contributed by atoms with van der Waals surface area (Å²) < 4.78 is 12.2. The zero-order valence-electron chi connectivity index (χ0n) is 15.1. The molecule has 7 atom stereocenters. The lowest BCUT2D eigenvalue weighted by atomic mass is 9.87. The van der Waals surface area contributed by atoms with Gasteiger partial charge in [0.1, 0.15) is 0 Å². The molecule has 3 nitrogen and oxygen atoms in total. The van der Waals surface area contributed by atoms with Gasteiger partial charge in [-0.2, -0.15) is 0 Å². The molecule has 3 fully saturated rings. The first-order valence-electron chi connectivity index (χ1n) is 9.13. The minimum Gasteiger partial charge on any atom is -0.416 e. The third-order valence-corrected chi connectivity index (χ3v) is 11.4. The van der Waals surface area contributed by atoms with Gasteiger partial charge in [-0.1, -0.05) is 34.1 Å². The highest BCUT2D eigenvalue weighted by Crippen LogP contribution is 2.54. The van der Waals surface area contributed by atoms with Crippen LogP contribution in [0.5, 0.6) is 0 Å². The van der Waals surface area contributed by atoms with Gasteiger partial charge in [0, 0.05) is 12.5 Å². The van der Waals surface area contributed by atoms with Gasteiger partial charge in [0.2, 0.25) is 0 Å². The molecule has 0 spiro atoms. The number of ether oxygens (including phenoxy) is 1. The lowest BCUT2D eigenvalue weighted by Crippen LogP contribution is -2.43. The van der Waals surface area contributed by atoms with Crippen LogP contribution >= 0.6 is 0 Å². The van der Waals surface area contributed by atoms with E-state index in [0.29, 0.717) is 30.0 Å². The summed E-state index contributed by atoms with van der Waals surface area (Å²) >= 11 is 0. The van der Waals surface area contributed by atoms with Crippen molar-refractivity contribution in [3.8, 4) is 0 Å². The summed E-state index contributed by atoms with van der Waals surface area (Å²) in [5.74, 6) is 2.11. The van der Waals surface area contributed by atoms with Crippen LogP contribution < -0.4 is 0 Å². The minimum absolute atomic E-state index is 0.130. The molecule has 0 aromatic carbocycles. The molecule has 0 bridgehead atoms. The normalized spacial score (nSPS) is 42.1. The molecule has 0 aromatic heterocycles. The molecule has 1 N–H and O–H groups in total. The van der Waals surface area contributed by atoms with Gasteiger partial charge < -0.3 is 14.3 Å². The fraction of sp³-hybridized carbons (Fsp3) is 1.00. The largest absolute Gasteiger partial charge is 0.416 e. The Morgan fingerprint density at radius 1 is 1.23 bits per heavy atom. The maximum absolute atomic E-state index is 10.8. The molecule has 1 heterocycles. The smallest absolute Gasteiger partial charge is 0.191 e. The Morgan fingerprint density at radius 3 is 2.45 bits per heavy atom. The molecule has 1 saturated heterocycles. The van der Waals surface area contributed by atoms with E-state index in [1.165, 1.54) is 12.8 Å². The Hall–Kier alpha value is 0.0969. The van der Waals surface area contributed by atoms with E-state index in [0.717, 1.165) is 18.9 Å². The van der Waals surface area contributed by atoms with Gasteiger partial charge in [0.25, 0.3) is 0 Å². The quantitative estimate of drug-likeness (QED) is 0.596. The number of rotatable bonds is 6. The maximum atomic E-state index is 10.8. The van der Waals surface area contributed by atoms with Crippen molar-refractivity contribution in [1.82, 2.24) is 0 Å². The molecule has 0 amide bonds. The van der Waals surface area contributed by atoms with Crippen molar-refractivity contribution in [2.75, 3.05) is 6.61 Å². The molecule has 3 rings (SSSR count). The van der Waals surface area contributed by atoms with Crippen molar-refractivity contribution >= 4 is 8.32 Å². The molecule has 128 valence electrons. The van der Waals surface area contributed by atoms with E-state index in [1.54, 1.807) is 0 Å². The van der Waals surface area contributed by atoms with Crippen LogP contribution in [-0.4, -0.2) is 38.3 Å².